The van der Waals surface area contributed by atoms with E-state index < -0.39 is 20.9 Å². The normalized spacial score (nSPS) is 11.5. The van der Waals surface area contributed by atoms with Gasteiger partial charge in [0.15, 0.2) is 0 Å². The van der Waals surface area contributed by atoms with E-state index in [1.165, 1.54) is 32.3 Å². The molecule has 0 aliphatic heterocycles. The maximum Gasteiger partial charge on any atom is 0.270 e. The third kappa shape index (κ3) is 4.34. The second kappa shape index (κ2) is 7.48. The largest absolute Gasteiger partial charge is 0.347 e. The number of hydrogen-bond acceptors (Lipinski definition) is 6. The molecule has 11 heteroatoms. The van der Waals surface area contributed by atoms with Crippen LogP contribution in [-0.4, -0.2) is 37.6 Å². The molecule has 2 aromatic rings. The number of carbonyl (C=O) groups excluding carboxylic acids is 1. The van der Waals surface area contributed by atoms with Gasteiger partial charge < -0.3 is 5.32 Å². The number of amides is 1. The number of nitro groups is 1. The lowest BCUT2D eigenvalue weighted by molar-refractivity contribution is -0.384. The minimum atomic E-state index is -3.51. The molecule has 0 fully saturated rings. The molecule has 0 aliphatic rings. The summed E-state index contributed by atoms with van der Waals surface area (Å²) in [7, 11) is -0.637. The van der Waals surface area contributed by atoms with Crippen LogP contribution in [0.5, 0.6) is 0 Å². The molecule has 8 nitrogen and oxygen atoms in total. The predicted octanol–water partition coefficient (Wildman–Crippen LogP) is 2.49. The SMILES string of the molecule is CN(C)S(=O)(=O)c1ccc(CNC(=O)c2ccc([N+](=O)[O-])cc2Cl)s1. The van der Waals surface area contributed by atoms with Gasteiger partial charge in [-0.05, 0) is 18.2 Å². The minimum absolute atomic E-state index is 0.0336. The van der Waals surface area contributed by atoms with Crippen molar-refractivity contribution in [3.05, 3.63) is 55.9 Å². The lowest BCUT2D eigenvalue weighted by Crippen LogP contribution is -2.22. The summed E-state index contributed by atoms with van der Waals surface area (Å²) < 4.78 is 25.3. The number of nitro benzene ring substituents is 1. The quantitative estimate of drug-likeness (QED) is 0.588. The zero-order chi connectivity index (χ0) is 18.8. The van der Waals surface area contributed by atoms with Crippen LogP contribution in [-0.2, 0) is 16.6 Å². The summed E-state index contributed by atoms with van der Waals surface area (Å²) in [5, 5.41) is 13.2. The first-order valence-corrected chi connectivity index (χ1v) is 9.49. The van der Waals surface area contributed by atoms with Crippen LogP contribution in [0.15, 0.2) is 34.5 Å². The Morgan fingerprint density at radius 2 is 2.00 bits per heavy atom. The van der Waals surface area contributed by atoms with Crippen LogP contribution in [0.2, 0.25) is 5.02 Å². The highest BCUT2D eigenvalue weighted by molar-refractivity contribution is 7.91. The van der Waals surface area contributed by atoms with E-state index in [0.29, 0.717) is 4.88 Å². The van der Waals surface area contributed by atoms with Gasteiger partial charge in [-0.3, -0.25) is 14.9 Å². The molecule has 0 aliphatic carbocycles. The Bertz CT molecular complexity index is 924. The number of benzene rings is 1. The molecule has 1 aromatic heterocycles. The standard InChI is InChI=1S/C14H14ClN3O5S2/c1-17(2)25(22,23)13-6-4-10(24-13)8-16-14(19)11-5-3-9(18(20)21)7-12(11)15/h3-7H,8H2,1-2H3,(H,16,19). The van der Waals surface area contributed by atoms with E-state index in [1.54, 1.807) is 6.07 Å². The molecule has 0 saturated heterocycles. The summed E-state index contributed by atoms with van der Waals surface area (Å²) >= 11 is 6.95. The maximum atomic E-state index is 12.1. The summed E-state index contributed by atoms with van der Waals surface area (Å²) in [6.07, 6.45) is 0. The number of thiophene rings is 1. The number of hydrogen-bond donors (Lipinski definition) is 1. The summed E-state index contributed by atoms with van der Waals surface area (Å²) in [4.78, 5) is 22.9. The second-order valence-electron chi connectivity index (χ2n) is 5.11. The fraction of sp³-hybridized carbons (Fsp3) is 0.214. The van der Waals surface area contributed by atoms with Crippen LogP contribution >= 0.6 is 22.9 Å². The van der Waals surface area contributed by atoms with Crippen molar-refractivity contribution in [2.75, 3.05) is 14.1 Å². The molecule has 0 atom stereocenters. The van der Waals surface area contributed by atoms with Gasteiger partial charge in [-0.15, -0.1) is 11.3 Å². The van der Waals surface area contributed by atoms with Gasteiger partial charge >= 0.3 is 0 Å². The number of rotatable bonds is 6. The van der Waals surface area contributed by atoms with E-state index in [0.717, 1.165) is 21.7 Å². The molecular weight excluding hydrogens is 390 g/mol. The number of sulfonamides is 1. The van der Waals surface area contributed by atoms with Crippen molar-refractivity contribution in [3.8, 4) is 0 Å². The smallest absolute Gasteiger partial charge is 0.270 e. The molecule has 25 heavy (non-hydrogen) atoms. The fourth-order valence-electron chi connectivity index (χ4n) is 1.84. The molecule has 1 N–H and O–H groups in total. The minimum Gasteiger partial charge on any atom is -0.347 e. The molecule has 2 rings (SSSR count). The highest BCUT2D eigenvalue weighted by atomic mass is 35.5. The number of halogens is 1. The second-order valence-corrected chi connectivity index (χ2v) is 9.07. The molecule has 1 amide bonds. The lowest BCUT2D eigenvalue weighted by Gasteiger charge is -2.08. The zero-order valence-electron chi connectivity index (χ0n) is 13.2. The molecule has 0 bridgehead atoms. The Morgan fingerprint density at radius 1 is 1.32 bits per heavy atom. The topological polar surface area (TPSA) is 110 Å². The van der Waals surface area contributed by atoms with Gasteiger partial charge in [0.25, 0.3) is 21.6 Å². The van der Waals surface area contributed by atoms with E-state index in [9.17, 15) is 23.3 Å². The van der Waals surface area contributed by atoms with Gasteiger partial charge in [-0.2, -0.15) is 0 Å². The molecule has 134 valence electrons. The van der Waals surface area contributed by atoms with E-state index in [4.69, 9.17) is 11.6 Å². The molecule has 1 heterocycles. The molecule has 0 unspecified atom stereocenters. The lowest BCUT2D eigenvalue weighted by atomic mass is 10.2. The van der Waals surface area contributed by atoms with Crippen molar-refractivity contribution in [2.24, 2.45) is 0 Å². The first kappa shape index (κ1) is 19.3. The van der Waals surface area contributed by atoms with Crippen LogP contribution in [0.4, 0.5) is 5.69 Å². The first-order chi connectivity index (χ1) is 11.6. The van der Waals surface area contributed by atoms with E-state index in [1.807, 2.05) is 0 Å². The zero-order valence-corrected chi connectivity index (χ0v) is 15.6. The number of nitrogens with one attached hydrogen (secondary N) is 1. The Hall–Kier alpha value is -2.01. The summed E-state index contributed by atoms with van der Waals surface area (Å²) in [5.74, 6) is -0.509. The van der Waals surface area contributed by atoms with Gasteiger partial charge in [-0.25, -0.2) is 12.7 Å². The number of nitrogens with zero attached hydrogens (tertiary/aromatic N) is 2. The average molecular weight is 404 g/mol. The average Bonchev–Trinajstić information content (AvgIpc) is 3.01. The summed E-state index contributed by atoms with van der Waals surface area (Å²) in [5.41, 5.74) is -0.108. The van der Waals surface area contributed by atoms with Gasteiger partial charge in [0, 0.05) is 31.1 Å². The van der Waals surface area contributed by atoms with E-state index in [2.05, 4.69) is 5.32 Å². The fourth-order valence-corrected chi connectivity index (χ4v) is 4.56. The maximum absolute atomic E-state index is 12.1. The summed E-state index contributed by atoms with van der Waals surface area (Å²) in [6, 6.07) is 6.64. The predicted molar refractivity (Wildman–Crippen MR) is 94.5 cm³/mol. The van der Waals surface area contributed by atoms with E-state index in [-0.39, 0.29) is 27.0 Å². The third-order valence-electron chi connectivity index (χ3n) is 3.20. The molecule has 0 radical (unpaired) electrons. The van der Waals surface area contributed by atoms with Crippen LogP contribution in [0.25, 0.3) is 0 Å². The Kier molecular flexibility index (Phi) is 5.78. The van der Waals surface area contributed by atoms with Crippen molar-refractivity contribution in [1.29, 1.82) is 0 Å². The molecular formula is C14H14ClN3O5S2. The van der Waals surface area contributed by atoms with Crippen molar-refractivity contribution >= 4 is 44.6 Å². The summed E-state index contributed by atoms with van der Waals surface area (Å²) in [6.45, 7) is 0.111. The number of carbonyl (C=O) groups is 1. The number of non-ortho nitro benzene ring substituents is 1. The Morgan fingerprint density at radius 3 is 2.56 bits per heavy atom. The highest BCUT2D eigenvalue weighted by Crippen LogP contribution is 2.25. The molecule has 0 saturated carbocycles. The first-order valence-electron chi connectivity index (χ1n) is 6.86. The Labute approximate surface area is 153 Å². The van der Waals surface area contributed by atoms with Crippen LogP contribution < -0.4 is 5.32 Å². The monoisotopic (exact) mass is 403 g/mol. The highest BCUT2D eigenvalue weighted by Gasteiger charge is 2.20. The van der Waals surface area contributed by atoms with Gasteiger partial charge in [0.1, 0.15) is 4.21 Å². The Balaban J connectivity index is 2.08. The van der Waals surface area contributed by atoms with Crippen molar-refractivity contribution in [2.45, 2.75) is 10.8 Å². The van der Waals surface area contributed by atoms with E-state index >= 15 is 0 Å². The van der Waals surface area contributed by atoms with Crippen molar-refractivity contribution < 1.29 is 18.1 Å². The van der Waals surface area contributed by atoms with Crippen LogP contribution in [0.1, 0.15) is 15.2 Å². The van der Waals surface area contributed by atoms with Crippen molar-refractivity contribution in [1.82, 2.24) is 9.62 Å². The van der Waals surface area contributed by atoms with Gasteiger partial charge in [0.2, 0.25) is 0 Å². The molecule has 1 aromatic carbocycles. The van der Waals surface area contributed by atoms with Gasteiger partial charge in [-0.1, -0.05) is 11.6 Å². The third-order valence-corrected chi connectivity index (χ3v) is 6.88. The van der Waals surface area contributed by atoms with Crippen LogP contribution in [0.3, 0.4) is 0 Å². The van der Waals surface area contributed by atoms with Gasteiger partial charge in [0.05, 0.1) is 22.1 Å². The van der Waals surface area contributed by atoms with Crippen LogP contribution in [0, 0.1) is 10.1 Å². The van der Waals surface area contributed by atoms with Crippen molar-refractivity contribution in [3.63, 3.8) is 0 Å². The molecule has 0 spiro atoms.